The molecule has 0 aliphatic rings. The van der Waals surface area contributed by atoms with Gasteiger partial charge in [-0.05, 0) is 83.8 Å². The Balaban J connectivity index is 1.52. The topological polar surface area (TPSA) is 84.5 Å². The maximum Gasteiger partial charge on any atom is 0.272 e. The van der Waals surface area contributed by atoms with Crippen molar-refractivity contribution in [3.63, 3.8) is 0 Å². The fourth-order valence-corrected chi connectivity index (χ4v) is 4.01. The Morgan fingerprint density at radius 3 is 2.32 bits per heavy atom. The Morgan fingerprint density at radius 2 is 1.62 bits per heavy atom. The van der Waals surface area contributed by atoms with Gasteiger partial charge in [-0.15, -0.1) is 11.3 Å². The van der Waals surface area contributed by atoms with Crippen molar-refractivity contribution in [3.8, 4) is 5.75 Å². The van der Waals surface area contributed by atoms with E-state index in [4.69, 9.17) is 4.74 Å². The molecule has 0 atom stereocenters. The molecule has 3 aromatic carbocycles. The van der Waals surface area contributed by atoms with Gasteiger partial charge < -0.3 is 15.4 Å². The quantitative estimate of drug-likeness (QED) is 0.213. The van der Waals surface area contributed by atoms with Crippen molar-refractivity contribution < 1.29 is 19.1 Å². The van der Waals surface area contributed by atoms with Crippen molar-refractivity contribution in [2.75, 3.05) is 12.4 Å². The number of rotatable bonds is 9. The van der Waals surface area contributed by atoms with Crippen LogP contribution in [-0.4, -0.2) is 24.7 Å². The molecule has 0 spiro atoms. The molecule has 0 aliphatic carbocycles. The van der Waals surface area contributed by atoms with Crippen LogP contribution in [0.15, 0.2) is 108 Å². The number of carbonyl (C=O) groups is 3. The van der Waals surface area contributed by atoms with Crippen molar-refractivity contribution in [2.45, 2.75) is 0 Å². The smallest absolute Gasteiger partial charge is 0.272 e. The molecule has 2 N–H and O–H groups in total. The largest absolute Gasteiger partial charge is 0.497 e. The van der Waals surface area contributed by atoms with Crippen LogP contribution in [0.1, 0.15) is 31.2 Å². The summed E-state index contributed by atoms with van der Waals surface area (Å²) in [5, 5.41) is 7.44. The third-order valence-corrected chi connectivity index (χ3v) is 6.14. The SMILES string of the molecule is COc1cccc(/C=C(\NC(=O)c2ccccc2)C(=O)Nc2ccc(C(=O)/C=C/c3cccs3)cc2)c1. The zero-order valence-electron chi connectivity index (χ0n) is 20.0. The molecular weight excluding hydrogens is 484 g/mol. The molecule has 0 saturated carbocycles. The number of thiophene rings is 1. The van der Waals surface area contributed by atoms with Crippen molar-refractivity contribution in [1.82, 2.24) is 5.32 Å². The second-order valence-corrected chi connectivity index (χ2v) is 8.88. The summed E-state index contributed by atoms with van der Waals surface area (Å²) in [5.74, 6) is -0.441. The van der Waals surface area contributed by atoms with Gasteiger partial charge in [0, 0.05) is 21.7 Å². The number of benzene rings is 3. The summed E-state index contributed by atoms with van der Waals surface area (Å²) >= 11 is 1.55. The molecule has 184 valence electrons. The maximum absolute atomic E-state index is 13.2. The van der Waals surface area contributed by atoms with Crippen LogP contribution in [0.25, 0.3) is 12.2 Å². The molecule has 6 nitrogen and oxygen atoms in total. The van der Waals surface area contributed by atoms with Gasteiger partial charge in [-0.3, -0.25) is 14.4 Å². The number of carbonyl (C=O) groups excluding carboxylic acids is 3. The van der Waals surface area contributed by atoms with Gasteiger partial charge in [-0.25, -0.2) is 0 Å². The zero-order chi connectivity index (χ0) is 26.0. The van der Waals surface area contributed by atoms with Crippen LogP contribution < -0.4 is 15.4 Å². The average Bonchev–Trinajstić information content (AvgIpc) is 3.46. The second kappa shape index (κ2) is 12.3. The van der Waals surface area contributed by atoms with E-state index in [1.807, 2.05) is 23.6 Å². The standard InChI is InChI=1S/C30H24N2O4S/c1-36-25-10-5-7-21(19-25)20-27(32-29(34)23-8-3-2-4-9-23)30(35)31-24-14-12-22(13-15-24)28(33)17-16-26-11-6-18-37-26/h2-20H,1H3,(H,31,35)(H,32,34)/b17-16+,27-20-. The van der Waals surface area contributed by atoms with Crippen LogP contribution in [0.2, 0.25) is 0 Å². The van der Waals surface area contributed by atoms with E-state index in [1.54, 1.807) is 103 Å². The lowest BCUT2D eigenvalue weighted by Gasteiger charge is -2.12. The predicted molar refractivity (Wildman–Crippen MR) is 148 cm³/mol. The van der Waals surface area contributed by atoms with Gasteiger partial charge in [0.1, 0.15) is 11.4 Å². The fourth-order valence-electron chi connectivity index (χ4n) is 3.40. The number of hydrogen-bond donors (Lipinski definition) is 2. The Kier molecular flexibility index (Phi) is 8.41. The molecule has 0 saturated heterocycles. The molecule has 0 bridgehead atoms. The molecule has 37 heavy (non-hydrogen) atoms. The molecule has 2 amide bonds. The van der Waals surface area contributed by atoms with E-state index in [0.717, 1.165) is 4.88 Å². The summed E-state index contributed by atoms with van der Waals surface area (Å²) in [6.45, 7) is 0. The van der Waals surface area contributed by atoms with E-state index in [-0.39, 0.29) is 11.5 Å². The van der Waals surface area contributed by atoms with E-state index in [1.165, 1.54) is 6.08 Å². The molecule has 1 aromatic heterocycles. The van der Waals surface area contributed by atoms with Gasteiger partial charge in [0.15, 0.2) is 5.78 Å². The highest BCUT2D eigenvalue weighted by Gasteiger charge is 2.15. The minimum atomic E-state index is -0.510. The van der Waals surface area contributed by atoms with E-state index in [0.29, 0.717) is 28.1 Å². The van der Waals surface area contributed by atoms with E-state index in [2.05, 4.69) is 10.6 Å². The Morgan fingerprint density at radius 1 is 0.838 bits per heavy atom. The molecule has 1 heterocycles. The Hall–Kier alpha value is -4.75. The van der Waals surface area contributed by atoms with E-state index in [9.17, 15) is 14.4 Å². The maximum atomic E-state index is 13.2. The molecular formula is C30H24N2O4S. The molecule has 0 fully saturated rings. The van der Waals surface area contributed by atoms with Gasteiger partial charge in [-0.2, -0.15) is 0 Å². The van der Waals surface area contributed by atoms with E-state index < -0.39 is 11.8 Å². The molecule has 0 unspecified atom stereocenters. The minimum absolute atomic E-state index is 0.0566. The molecule has 7 heteroatoms. The van der Waals surface area contributed by atoms with Crippen molar-refractivity contribution >= 4 is 46.8 Å². The third kappa shape index (κ3) is 7.13. The number of ketones is 1. The predicted octanol–water partition coefficient (Wildman–Crippen LogP) is 6.06. The summed E-state index contributed by atoms with van der Waals surface area (Å²) in [6.07, 6.45) is 4.87. The van der Waals surface area contributed by atoms with Gasteiger partial charge in [0.2, 0.25) is 0 Å². The Bertz CT molecular complexity index is 1440. The van der Waals surface area contributed by atoms with Crippen LogP contribution in [0.3, 0.4) is 0 Å². The second-order valence-electron chi connectivity index (χ2n) is 7.90. The normalized spacial score (nSPS) is 11.2. The molecule has 4 rings (SSSR count). The van der Waals surface area contributed by atoms with Crippen molar-refractivity contribution in [3.05, 3.63) is 130 Å². The molecule has 4 aromatic rings. The lowest BCUT2D eigenvalue weighted by atomic mass is 10.1. The van der Waals surface area contributed by atoms with Crippen LogP contribution in [-0.2, 0) is 4.79 Å². The van der Waals surface area contributed by atoms with Crippen LogP contribution in [0.4, 0.5) is 5.69 Å². The highest BCUT2D eigenvalue weighted by atomic mass is 32.1. The van der Waals surface area contributed by atoms with Gasteiger partial charge in [-0.1, -0.05) is 36.4 Å². The first-order valence-electron chi connectivity index (χ1n) is 11.4. The number of hydrogen-bond acceptors (Lipinski definition) is 5. The van der Waals surface area contributed by atoms with Gasteiger partial charge in [0.25, 0.3) is 11.8 Å². The highest BCUT2D eigenvalue weighted by molar-refractivity contribution is 7.10. The van der Waals surface area contributed by atoms with Crippen molar-refractivity contribution in [1.29, 1.82) is 0 Å². The van der Waals surface area contributed by atoms with Gasteiger partial charge >= 0.3 is 0 Å². The van der Waals surface area contributed by atoms with Crippen LogP contribution in [0.5, 0.6) is 5.75 Å². The third-order valence-electron chi connectivity index (χ3n) is 5.30. The monoisotopic (exact) mass is 508 g/mol. The summed E-state index contributed by atoms with van der Waals surface area (Å²) < 4.78 is 5.26. The number of nitrogens with one attached hydrogen (secondary N) is 2. The first-order valence-corrected chi connectivity index (χ1v) is 12.3. The van der Waals surface area contributed by atoms with Crippen LogP contribution in [0, 0.1) is 0 Å². The van der Waals surface area contributed by atoms with Crippen molar-refractivity contribution in [2.24, 2.45) is 0 Å². The number of amides is 2. The lowest BCUT2D eigenvalue weighted by molar-refractivity contribution is -0.113. The number of allylic oxidation sites excluding steroid dienone is 1. The number of ether oxygens (including phenoxy) is 1. The van der Waals surface area contributed by atoms with E-state index >= 15 is 0 Å². The minimum Gasteiger partial charge on any atom is -0.497 e. The van der Waals surface area contributed by atoms with Crippen LogP contribution >= 0.6 is 11.3 Å². The fraction of sp³-hybridized carbons (Fsp3) is 0.0333. The number of anilines is 1. The summed E-state index contributed by atoms with van der Waals surface area (Å²) in [6, 6.07) is 26.2. The summed E-state index contributed by atoms with van der Waals surface area (Å²) in [7, 11) is 1.56. The summed E-state index contributed by atoms with van der Waals surface area (Å²) in [4.78, 5) is 39.4. The first-order chi connectivity index (χ1) is 18.0. The molecule has 0 radical (unpaired) electrons. The van der Waals surface area contributed by atoms with Gasteiger partial charge in [0.05, 0.1) is 7.11 Å². The Labute approximate surface area is 218 Å². The first kappa shape index (κ1) is 25.3. The summed E-state index contributed by atoms with van der Waals surface area (Å²) in [5.41, 5.74) is 2.13. The average molecular weight is 509 g/mol. The molecule has 0 aliphatic heterocycles. The lowest BCUT2D eigenvalue weighted by Crippen LogP contribution is -2.30. The zero-order valence-corrected chi connectivity index (χ0v) is 20.8. The number of methoxy groups -OCH3 is 1. The highest BCUT2D eigenvalue weighted by Crippen LogP contribution is 2.17.